The topological polar surface area (TPSA) is 82.0 Å². The highest BCUT2D eigenvalue weighted by atomic mass is 79.9. The van der Waals surface area contributed by atoms with Gasteiger partial charge in [0.05, 0.1) is 12.8 Å². The van der Waals surface area contributed by atoms with Gasteiger partial charge in [0.2, 0.25) is 0 Å². The molecule has 0 aliphatic carbocycles. The summed E-state index contributed by atoms with van der Waals surface area (Å²) in [4.78, 5) is 16.4. The molecule has 0 spiro atoms. The number of amides is 1. The molecule has 0 aliphatic heterocycles. The molecule has 1 amide bonds. The molecule has 1 aromatic heterocycles. The van der Waals surface area contributed by atoms with E-state index in [1.54, 1.807) is 30.5 Å². The van der Waals surface area contributed by atoms with Crippen LogP contribution in [0.3, 0.4) is 0 Å². The van der Waals surface area contributed by atoms with Crippen LogP contribution in [0.25, 0.3) is 10.9 Å². The smallest absolute Gasteiger partial charge is 0.277 e. The Morgan fingerprint density at radius 2 is 1.97 bits per heavy atom. The number of carbonyl (C=O) groups excluding carboxylic acids is 1. The number of nitrogens with zero attached hydrogens (tertiary/aromatic N) is 2. The van der Waals surface area contributed by atoms with E-state index in [1.807, 2.05) is 31.2 Å². The minimum absolute atomic E-state index is 0.188. The maximum Gasteiger partial charge on any atom is 0.277 e. The van der Waals surface area contributed by atoms with Gasteiger partial charge in [-0.1, -0.05) is 30.9 Å². The van der Waals surface area contributed by atoms with Crippen molar-refractivity contribution in [3.63, 3.8) is 0 Å². The number of nitrogens with one attached hydrogen (secondary N) is 1. The molecule has 0 saturated carbocycles. The number of aromatic nitrogens is 1. The first kappa shape index (κ1) is 22.3. The number of benzene rings is 2. The van der Waals surface area contributed by atoms with Crippen LogP contribution in [0.4, 0.5) is 0 Å². The van der Waals surface area contributed by atoms with Crippen molar-refractivity contribution in [1.82, 2.24) is 10.4 Å². The molecule has 0 atom stereocenters. The van der Waals surface area contributed by atoms with Crippen molar-refractivity contribution >= 4 is 39.0 Å². The van der Waals surface area contributed by atoms with E-state index in [4.69, 9.17) is 14.2 Å². The SMILES string of the molecule is C=CCOc1cc(Br)c(/C=N/NC(=O)COc2cccc3cccnc23)cc1OCC. The molecule has 31 heavy (non-hydrogen) atoms. The van der Waals surface area contributed by atoms with Gasteiger partial charge in [-0.3, -0.25) is 9.78 Å². The molecule has 0 unspecified atom stereocenters. The highest BCUT2D eigenvalue weighted by molar-refractivity contribution is 9.10. The quantitative estimate of drug-likeness (QED) is 0.261. The lowest BCUT2D eigenvalue weighted by Gasteiger charge is -2.12. The minimum Gasteiger partial charge on any atom is -0.490 e. The number of rotatable bonds is 10. The molecule has 0 saturated heterocycles. The minimum atomic E-state index is -0.392. The van der Waals surface area contributed by atoms with Gasteiger partial charge in [-0.2, -0.15) is 5.10 Å². The van der Waals surface area contributed by atoms with Crippen molar-refractivity contribution < 1.29 is 19.0 Å². The van der Waals surface area contributed by atoms with Crippen LogP contribution in [0.15, 0.2) is 70.9 Å². The molecule has 0 aliphatic rings. The Morgan fingerprint density at radius 3 is 2.77 bits per heavy atom. The predicted octanol–water partition coefficient (Wildman–Crippen LogP) is 4.49. The number of hydrazone groups is 1. The highest BCUT2D eigenvalue weighted by Crippen LogP contribution is 2.33. The van der Waals surface area contributed by atoms with Crippen molar-refractivity contribution in [2.45, 2.75) is 6.92 Å². The van der Waals surface area contributed by atoms with Crippen LogP contribution < -0.4 is 19.6 Å². The molecule has 1 heterocycles. The summed E-state index contributed by atoms with van der Waals surface area (Å²) in [5, 5.41) is 4.95. The van der Waals surface area contributed by atoms with E-state index in [1.165, 1.54) is 6.21 Å². The number of carbonyl (C=O) groups is 1. The second-order valence-electron chi connectivity index (χ2n) is 6.27. The normalized spacial score (nSPS) is 10.8. The molecule has 160 valence electrons. The van der Waals surface area contributed by atoms with Crippen LogP contribution in [-0.2, 0) is 4.79 Å². The van der Waals surface area contributed by atoms with Crippen LogP contribution in [0.5, 0.6) is 17.2 Å². The van der Waals surface area contributed by atoms with Gasteiger partial charge in [0, 0.05) is 21.6 Å². The van der Waals surface area contributed by atoms with E-state index in [0.29, 0.717) is 41.5 Å². The van der Waals surface area contributed by atoms with Crippen LogP contribution in [-0.4, -0.2) is 36.9 Å². The summed E-state index contributed by atoms with van der Waals surface area (Å²) in [5.74, 6) is 1.31. The van der Waals surface area contributed by atoms with E-state index in [2.05, 4.69) is 38.0 Å². The van der Waals surface area contributed by atoms with E-state index in [-0.39, 0.29) is 6.61 Å². The van der Waals surface area contributed by atoms with Gasteiger partial charge in [0.1, 0.15) is 17.9 Å². The molecule has 8 heteroatoms. The number of pyridine rings is 1. The van der Waals surface area contributed by atoms with E-state index in [0.717, 1.165) is 9.86 Å². The van der Waals surface area contributed by atoms with Crippen molar-refractivity contribution in [3.05, 3.63) is 71.4 Å². The highest BCUT2D eigenvalue weighted by Gasteiger charge is 2.10. The molecule has 0 fully saturated rings. The fourth-order valence-electron chi connectivity index (χ4n) is 2.72. The molecule has 3 aromatic rings. The number of hydrogen-bond acceptors (Lipinski definition) is 6. The lowest BCUT2D eigenvalue weighted by molar-refractivity contribution is -0.123. The Kier molecular flexibility index (Phi) is 8.00. The molecule has 0 bridgehead atoms. The van der Waals surface area contributed by atoms with Crippen molar-refractivity contribution in [2.75, 3.05) is 19.8 Å². The number of fused-ring (bicyclic) bond motifs is 1. The predicted molar refractivity (Wildman–Crippen MR) is 124 cm³/mol. The van der Waals surface area contributed by atoms with Gasteiger partial charge in [-0.15, -0.1) is 0 Å². The van der Waals surface area contributed by atoms with Crippen molar-refractivity contribution in [2.24, 2.45) is 5.10 Å². The third-order valence-corrected chi connectivity index (χ3v) is 4.75. The Balaban J connectivity index is 1.62. The first-order valence-corrected chi connectivity index (χ1v) is 10.4. The number of hydrogen-bond donors (Lipinski definition) is 1. The summed E-state index contributed by atoms with van der Waals surface area (Å²) < 4.78 is 17.6. The largest absolute Gasteiger partial charge is 0.490 e. The first-order valence-electron chi connectivity index (χ1n) is 9.61. The zero-order chi connectivity index (χ0) is 22.1. The summed E-state index contributed by atoms with van der Waals surface area (Å²) in [6.07, 6.45) is 4.85. The number of halogens is 1. The van der Waals surface area contributed by atoms with Crippen LogP contribution >= 0.6 is 15.9 Å². The van der Waals surface area contributed by atoms with Gasteiger partial charge in [0.15, 0.2) is 18.1 Å². The number of para-hydroxylation sites is 1. The van der Waals surface area contributed by atoms with Gasteiger partial charge >= 0.3 is 0 Å². The fourth-order valence-corrected chi connectivity index (χ4v) is 3.15. The molecule has 7 nitrogen and oxygen atoms in total. The Labute approximate surface area is 188 Å². The van der Waals surface area contributed by atoms with Crippen LogP contribution in [0, 0.1) is 0 Å². The standard InChI is InChI=1S/C23H22BrN3O4/c1-3-11-30-21-13-18(24)17(12-20(21)29-4-2)14-26-27-22(28)15-31-19-9-5-7-16-8-6-10-25-23(16)19/h3,5-10,12-14H,1,4,11,15H2,2H3,(H,27,28)/b26-14+. The van der Waals surface area contributed by atoms with Gasteiger partial charge in [0.25, 0.3) is 5.91 Å². The molecular weight excluding hydrogens is 462 g/mol. The summed E-state index contributed by atoms with van der Waals surface area (Å²) >= 11 is 3.48. The van der Waals surface area contributed by atoms with Crippen LogP contribution in [0.1, 0.15) is 12.5 Å². The van der Waals surface area contributed by atoms with Gasteiger partial charge in [-0.05, 0) is 47.1 Å². The summed E-state index contributed by atoms with van der Waals surface area (Å²) in [5.41, 5.74) is 3.87. The van der Waals surface area contributed by atoms with E-state index in [9.17, 15) is 4.79 Å². The first-order chi connectivity index (χ1) is 15.1. The Morgan fingerprint density at radius 1 is 1.16 bits per heavy atom. The lowest BCUT2D eigenvalue weighted by atomic mass is 10.2. The maximum absolute atomic E-state index is 12.1. The zero-order valence-corrected chi connectivity index (χ0v) is 18.6. The lowest BCUT2D eigenvalue weighted by Crippen LogP contribution is -2.24. The molecule has 3 rings (SSSR count). The third-order valence-electron chi connectivity index (χ3n) is 4.07. The average molecular weight is 484 g/mol. The van der Waals surface area contributed by atoms with Gasteiger partial charge in [-0.25, -0.2) is 5.43 Å². The maximum atomic E-state index is 12.1. The summed E-state index contributed by atoms with van der Waals surface area (Å²) in [7, 11) is 0. The van der Waals surface area contributed by atoms with Crippen molar-refractivity contribution in [1.29, 1.82) is 0 Å². The fraction of sp³-hybridized carbons (Fsp3) is 0.174. The Hall–Kier alpha value is -3.39. The number of ether oxygens (including phenoxy) is 3. The zero-order valence-electron chi connectivity index (χ0n) is 17.0. The average Bonchev–Trinajstić information content (AvgIpc) is 2.78. The van der Waals surface area contributed by atoms with Crippen molar-refractivity contribution in [3.8, 4) is 17.2 Å². The molecule has 0 radical (unpaired) electrons. The summed E-state index contributed by atoms with van der Waals surface area (Å²) in [6.45, 7) is 6.19. The molecular formula is C23H22BrN3O4. The van der Waals surface area contributed by atoms with Crippen LogP contribution in [0.2, 0.25) is 0 Å². The second-order valence-corrected chi connectivity index (χ2v) is 7.12. The van der Waals surface area contributed by atoms with Gasteiger partial charge < -0.3 is 14.2 Å². The monoisotopic (exact) mass is 483 g/mol. The Bertz CT molecular complexity index is 1100. The third kappa shape index (κ3) is 6.05. The summed E-state index contributed by atoms with van der Waals surface area (Å²) in [6, 6.07) is 12.9. The molecule has 2 aromatic carbocycles. The molecule has 1 N–H and O–H groups in total. The van der Waals surface area contributed by atoms with E-state index >= 15 is 0 Å². The second kappa shape index (κ2) is 11.1. The van der Waals surface area contributed by atoms with E-state index < -0.39 is 5.91 Å².